The van der Waals surface area contributed by atoms with Crippen molar-refractivity contribution in [3.8, 4) is 0 Å². The zero-order chi connectivity index (χ0) is 9.84. The highest BCUT2D eigenvalue weighted by atomic mass is 16.5. The Morgan fingerprint density at radius 2 is 2.38 bits per heavy atom. The second-order valence-corrected chi connectivity index (χ2v) is 3.06. The van der Waals surface area contributed by atoms with Crippen molar-refractivity contribution in [2.45, 2.75) is 26.7 Å². The lowest BCUT2D eigenvalue weighted by molar-refractivity contribution is 0.0520. The first-order chi connectivity index (χ1) is 6.15. The molecule has 1 aromatic rings. The predicted octanol–water partition coefficient (Wildman–Crippen LogP) is 1.71. The van der Waals surface area contributed by atoms with E-state index in [1.165, 1.54) is 6.20 Å². The fourth-order valence-electron chi connectivity index (χ4n) is 0.943. The Hall–Kier alpha value is -1.32. The van der Waals surface area contributed by atoms with E-state index in [4.69, 9.17) is 4.74 Å². The van der Waals surface area contributed by atoms with Crippen molar-refractivity contribution >= 4 is 5.97 Å². The molecular weight excluding hydrogens is 168 g/mol. The quantitative estimate of drug-likeness (QED) is 0.724. The van der Waals surface area contributed by atoms with Crippen LogP contribution in [0.1, 0.15) is 43.0 Å². The van der Waals surface area contributed by atoms with Gasteiger partial charge in [-0.1, -0.05) is 13.8 Å². The summed E-state index contributed by atoms with van der Waals surface area (Å²) in [4.78, 5) is 18.2. The van der Waals surface area contributed by atoms with Crippen LogP contribution in [0.2, 0.25) is 0 Å². The van der Waals surface area contributed by atoms with Gasteiger partial charge in [-0.3, -0.25) is 0 Å². The third kappa shape index (κ3) is 2.31. The Morgan fingerprint density at radius 3 is 2.85 bits per heavy atom. The van der Waals surface area contributed by atoms with Gasteiger partial charge in [-0.25, -0.2) is 9.78 Å². The molecule has 0 aliphatic heterocycles. The predicted molar refractivity (Wildman–Crippen MR) is 48.6 cm³/mol. The van der Waals surface area contributed by atoms with Crippen molar-refractivity contribution in [3.63, 3.8) is 0 Å². The highest BCUT2D eigenvalue weighted by Gasteiger charge is 2.11. The molecule has 0 aliphatic rings. The summed E-state index contributed by atoms with van der Waals surface area (Å²) in [5.74, 6) is 0.758. The van der Waals surface area contributed by atoms with Gasteiger partial charge in [-0.15, -0.1) is 0 Å². The van der Waals surface area contributed by atoms with Gasteiger partial charge in [0.25, 0.3) is 0 Å². The van der Waals surface area contributed by atoms with Gasteiger partial charge in [0.05, 0.1) is 12.8 Å². The van der Waals surface area contributed by atoms with E-state index in [0.29, 0.717) is 18.2 Å². The van der Waals surface area contributed by atoms with Gasteiger partial charge in [-0.05, 0) is 6.92 Å². The van der Waals surface area contributed by atoms with E-state index >= 15 is 0 Å². The maximum atomic E-state index is 11.2. The number of imidazole rings is 1. The summed E-state index contributed by atoms with van der Waals surface area (Å²) in [7, 11) is 0. The summed E-state index contributed by atoms with van der Waals surface area (Å²) in [6, 6.07) is 0. The summed E-state index contributed by atoms with van der Waals surface area (Å²) < 4.78 is 4.81. The SMILES string of the molecule is CCOC(=O)c1cnc(C(C)C)[nH]1. The lowest BCUT2D eigenvalue weighted by Gasteiger charge is -1.99. The van der Waals surface area contributed by atoms with Crippen LogP contribution in [0.5, 0.6) is 0 Å². The molecule has 0 radical (unpaired) electrons. The van der Waals surface area contributed by atoms with Crippen LogP contribution in [0.4, 0.5) is 0 Å². The fraction of sp³-hybridized carbons (Fsp3) is 0.556. The van der Waals surface area contributed by atoms with E-state index in [2.05, 4.69) is 9.97 Å². The number of ether oxygens (including phenoxy) is 1. The number of rotatable bonds is 3. The van der Waals surface area contributed by atoms with Gasteiger partial charge in [0, 0.05) is 5.92 Å². The van der Waals surface area contributed by atoms with Gasteiger partial charge < -0.3 is 9.72 Å². The minimum atomic E-state index is -0.345. The molecule has 0 fully saturated rings. The maximum absolute atomic E-state index is 11.2. The smallest absolute Gasteiger partial charge is 0.356 e. The zero-order valence-corrected chi connectivity index (χ0v) is 8.13. The first-order valence-corrected chi connectivity index (χ1v) is 4.37. The summed E-state index contributed by atoms with van der Waals surface area (Å²) >= 11 is 0. The molecule has 0 atom stereocenters. The van der Waals surface area contributed by atoms with E-state index in [1.54, 1.807) is 6.92 Å². The van der Waals surface area contributed by atoms with Crippen LogP contribution >= 0.6 is 0 Å². The molecule has 0 aromatic carbocycles. The molecule has 0 bridgehead atoms. The van der Waals surface area contributed by atoms with E-state index in [-0.39, 0.29) is 5.97 Å². The summed E-state index contributed by atoms with van der Waals surface area (Å²) in [6.45, 7) is 6.17. The first-order valence-electron chi connectivity index (χ1n) is 4.37. The first kappa shape index (κ1) is 9.77. The standard InChI is InChI=1S/C9H14N2O2/c1-4-13-9(12)7-5-10-8(11-7)6(2)3/h5-6H,4H2,1-3H3,(H,10,11). The van der Waals surface area contributed by atoms with E-state index in [1.807, 2.05) is 13.8 Å². The zero-order valence-electron chi connectivity index (χ0n) is 8.13. The number of esters is 1. The number of aromatic nitrogens is 2. The minimum absolute atomic E-state index is 0.295. The van der Waals surface area contributed by atoms with Crippen molar-refractivity contribution < 1.29 is 9.53 Å². The molecule has 1 aromatic heterocycles. The molecular formula is C9H14N2O2. The normalized spacial score (nSPS) is 10.5. The molecule has 72 valence electrons. The van der Waals surface area contributed by atoms with Gasteiger partial charge >= 0.3 is 5.97 Å². The number of aromatic amines is 1. The van der Waals surface area contributed by atoms with Crippen LogP contribution < -0.4 is 0 Å². The number of nitrogens with one attached hydrogen (secondary N) is 1. The second-order valence-electron chi connectivity index (χ2n) is 3.06. The second kappa shape index (κ2) is 4.07. The van der Waals surface area contributed by atoms with Crippen molar-refractivity contribution in [2.24, 2.45) is 0 Å². The fourth-order valence-corrected chi connectivity index (χ4v) is 0.943. The number of carbonyl (C=O) groups excluding carboxylic acids is 1. The number of nitrogens with zero attached hydrogens (tertiary/aromatic N) is 1. The number of H-pyrrole nitrogens is 1. The number of hydrogen-bond donors (Lipinski definition) is 1. The highest BCUT2D eigenvalue weighted by molar-refractivity contribution is 5.86. The van der Waals surface area contributed by atoms with E-state index < -0.39 is 0 Å². The molecule has 13 heavy (non-hydrogen) atoms. The lowest BCUT2D eigenvalue weighted by atomic mass is 10.2. The summed E-state index contributed by atoms with van der Waals surface area (Å²) in [5.41, 5.74) is 0.422. The third-order valence-corrected chi connectivity index (χ3v) is 1.64. The molecule has 1 rings (SSSR count). The average Bonchev–Trinajstić information content (AvgIpc) is 2.52. The molecule has 0 saturated heterocycles. The van der Waals surface area contributed by atoms with Gasteiger partial charge in [0.2, 0.25) is 0 Å². The molecule has 4 heteroatoms. The summed E-state index contributed by atoms with van der Waals surface area (Å²) in [5, 5.41) is 0. The lowest BCUT2D eigenvalue weighted by Crippen LogP contribution is -2.05. The Morgan fingerprint density at radius 1 is 1.69 bits per heavy atom. The average molecular weight is 182 g/mol. The minimum Gasteiger partial charge on any atom is -0.461 e. The molecule has 4 nitrogen and oxygen atoms in total. The topological polar surface area (TPSA) is 55.0 Å². The highest BCUT2D eigenvalue weighted by Crippen LogP contribution is 2.09. The molecule has 0 unspecified atom stereocenters. The Bertz CT molecular complexity index is 292. The molecule has 0 aliphatic carbocycles. The van der Waals surface area contributed by atoms with Crippen LogP contribution in [0.25, 0.3) is 0 Å². The molecule has 0 spiro atoms. The third-order valence-electron chi connectivity index (χ3n) is 1.64. The van der Waals surface area contributed by atoms with Crippen LogP contribution in [0.3, 0.4) is 0 Å². The van der Waals surface area contributed by atoms with Crippen molar-refractivity contribution in [1.82, 2.24) is 9.97 Å². The monoisotopic (exact) mass is 182 g/mol. The van der Waals surface area contributed by atoms with Crippen LogP contribution in [0.15, 0.2) is 6.20 Å². The summed E-state index contributed by atoms with van der Waals surface area (Å²) in [6.07, 6.45) is 1.51. The van der Waals surface area contributed by atoms with Crippen molar-refractivity contribution in [1.29, 1.82) is 0 Å². The van der Waals surface area contributed by atoms with Crippen LogP contribution in [-0.2, 0) is 4.74 Å². The largest absolute Gasteiger partial charge is 0.461 e. The van der Waals surface area contributed by atoms with Crippen molar-refractivity contribution in [2.75, 3.05) is 6.61 Å². The van der Waals surface area contributed by atoms with Crippen molar-refractivity contribution in [3.05, 3.63) is 17.7 Å². The van der Waals surface area contributed by atoms with Gasteiger partial charge in [-0.2, -0.15) is 0 Å². The molecule has 1 N–H and O–H groups in total. The molecule has 0 saturated carbocycles. The van der Waals surface area contributed by atoms with E-state index in [0.717, 1.165) is 5.82 Å². The number of hydrogen-bond acceptors (Lipinski definition) is 3. The van der Waals surface area contributed by atoms with Crippen LogP contribution in [-0.4, -0.2) is 22.5 Å². The Labute approximate surface area is 77.3 Å². The Kier molecular flexibility index (Phi) is 3.06. The molecule has 0 amide bonds. The Balaban J connectivity index is 2.73. The maximum Gasteiger partial charge on any atom is 0.356 e. The number of carbonyl (C=O) groups is 1. The van der Waals surface area contributed by atoms with Gasteiger partial charge in [0.1, 0.15) is 11.5 Å². The molecule has 1 heterocycles. The van der Waals surface area contributed by atoms with Crippen LogP contribution in [0, 0.1) is 0 Å². The van der Waals surface area contributed by atoms with Gasteiger partial charge in [0.15, 0.2) is 0 Å². The van der Waals surface area contributed by atoms with E-state index in [9.17, 15) is 4.79 Å².